The molecule has 0 saturated carbocycles. The fraction of sp³-hybridized carbons (Fsp3) is 0.800. The molecule has 0 aromatic rings. The number of rotatable bonds is 4. The Hall–Kier alpha value is 0.430. The zero-order valence-electron chi connectivity index (χ0n) is 6.79. The van der Waals surface area contributed by atoms with E-state index < -0.39 is 5.47 Å². The molecule has 11 heavy (non-hydrogen) atoms. The fourth-order valence-corrected chi connectivity index (χ4v) is 2.75. The standard InChI is InChI=1S/C5H12NO2PS2/c1-6-5(7)4-11-9(3,10)8-2/h4H2,1-3H3,(H,6,7). The second kappa shape index (κ2) is 5.14. The first-order valence-corrected chi connectivity index (χ1v) is 7.76. The van der Waals surface area contributed by atoms with Crippen molar-refractivity contribution in [3.05, 3.63) is 0 Å². The minimum absolute atomic E-state index is 0.0110. The molecule has 1 N–H and O–H groups in total. The molecule has 0 heterocycles. The molecular formula is C5H12NO2PS2. The summed E-state index contributed by atoms with van der Waals surface area (Å²) < 4.78 is 5.04. The van der Waals surface area contributed by atoms with Gasteiger partial charge >= 0.3 is 0 Å². The molecule has 66 valence electrons. The molecule has 1 amide bonds. The Kier molecular flexibility index (Phi) is 5.34. The van der Waals surface area contributed by atoms with Gasteiger partial charge < -0.3 is 9.84 Å². The molecule has 0 aromatic heterocycles. The van der Waals surface area contributed by atoms with E-state index in [-0.39, 0.29) is 5.91 Å². The van der Waals surface area contributed by atoms with Gasteiger partial charge in [0.2, 0.25) is 5.91 Å². The van der Waals surface area contributed by atoms with Gasteiger partial charge in [-0.1, -0.05) is 23.2 Å². The summed E-state index contributed by atoms with van der Waals surface area (Å²) in [6, 6.07) is 0. The predicted octanol–water partition coefficient (Wildman–Crippen LogP) is 1.05. The van der Waals surface area contributed by atoms with Crippen molar-refractivity contribution in [1.82, 2.24) is 5.32 Å². The molecule has 1 unspecified atom stereocenters. The topological polar surface area (TPSA) is 38.3 Å². The van der Waals surface area contributed by atoms with Gasteiger partial charge in [0.15, 0.2) is 0 Å². The first-order chi connectivity index (χ1) is 5.02. The van der Waals surface area contributed by atoms with Crippen LogP contribution in [0.4, 0.5) is 0 Å². The van der Waals surface area contributed by atoms with E-state index >= 15 is 0 Å². The molecule has 0 bridgehead atoms. The predicted molar refractivity (Wildman–Crippen MR) is 53.7 cm³/mol. The van der Waals surface area contributed by atoms with E-state index in [9.17, 15) is 4.79 Å². The molecule has 0 fully saturated rings. The maximum atomic E-state index is 10.8. The highest BCUT2D eigenvalue weighted by molar-refractivity contribution is 8.69. The molecular weight excluding hydrogens is 201 g/mol. The van der Waals surface area contributed by atoms with Crippen LogP contribution < -0.4 is 5.32 Å². The monoisotopic (exact) mass is 213 g/mol. The molecule has 1 atom stereocenters. The van der Waals surface area contributed by atoms with Crippen molar-refractivity contribution in [3.63, 3.8) is 0 Å². The van der Waals surface area contributed by atoms with E-state index in [0.717, 1.165) is 0 Å². The van der Waals surface area contributed by atoms with Crippen LogP contribution in [0.5, 0.6) is 0 Å². The number of carbonyl (C=O) groups is 1. The molecule has 3 nitrogen and oxygen atoms in total. The highest BCUT2D eigenvalue weighted by Gasteiger charge is 2.10. The maximum absolute atomic E-state index is 10.8. The van der Waals surface area contributed by atoms with Gasteiger partial charge in [-0.15, -0.1) is 0 Å². The Balaban J connectivity index is 3.70. The van der Waals surface area contributed by atoms with Crippen LogP contribution in [0.15, 0.2) is 0 Å². The van der Waals surface area contributed by atoms with Gasteiger partial charge in [-0.05, 0) is 6.66 Å². The average molecular weight is 213 g/mol. The van der Waals surface area contributed by atoms with Gasteiger partial charge in [-0.25, -0.2) is 0 Å². The third kappa shape index (κ3) is 5.67. The molecule has 0 aliphatic heterocycles. The van der Waals surface area contributed by atoms with E-state index in [1.165, 1.54) is 11.4 Å². The zero-order valence-corrected chi connectivity index (χ0v) is 9.31. The van der Waals surface area contributed by atoms with Crippen molar-refractivity contribution in [1.29, 1.82) is 0 Å². The van der Waals surface area contributed by atoms with Crippen molar-refractivity contribution in [2.75, 3.05) is 26.6 Å². The molecule has 0 aromatic carbocycles. The quantitative estimate of drug-likeness (QED) is 0.708. The van der Waals surface area contributed by atoms with Crippen LogP contribution >= 0.6 is 16.8 Å². The van der Waals surface area contributed by atoms with E-state index in [0.29, 0.717) is 5.75 Å². The van der Waals surface area contributed by atoms with Gasteiger partial charge in [0.1, 0.15) is 5.47 Å². The van der Waals surface area contributed by atoms with E-state index in [1.54, 1.807) is 14.2 Å². The normalized spacial score (nSPS) is 15.5. The molecule has 0 radical (unpaired) electrons. The minimum atomic E-state index is -1.75. The smallest absolute Gasteiger partial charge is 0.230 e. The second-order valence-corrected chi connectivity index (χ2v) is 10.0. The zero-order chi connectivity index (χ0) is 8.91. The minimum Gasteiger partial charge on any atom is -0.358 e. The van der Waals surface area contributed by atoms with Crippen LogP contribution in [0.3, 0.4) is 0 Å². The Morgan fingerprint density at radius 2 is 2.36 bits per heavy atom. The lowest BCUT2D eigenvalue weighted by atomic mass is 10.7. The van der Waals surface area contributed by atoms with Crippen LogP contribution in [0, 0.1) is 0 Å². The molecule has 6 heteroatoms. The Morgan fingerprint density at radius 1 is 1.82 bits per heavy atom. The lowest BCUT2D eigenvalue weighted by Crippen LogP contribution is -2.19. The summed E-state index contributed by atoms with van der Waals surface area (Å²) in [5.74, 6) is 0.376. The Labute approximate surface area is 76.1 Å². The summed E-state index contributed by atoms with van der Waals surface area (Å²) in [4.78, 5) is 10.8. The van der Waals surface area contributed by atoms with Crippen molar-refractivity contribution >= 4 is 34.6 Å². The summed E-state index contributed by atoms with van der Waals surface area (Å²) in [5, 5.41) is 2.52. The fourth-order valence-electron chi connectivity index (χ4n) is 0.301. The van der Waals surface area contributed by atoms with Gasteiger partial charge in [0, 0.05) is 14.2 Å². The molecule has 0 spiro atoms. The van der Waals surface area contributed by atoms with Gasteiger partial charge in [0.25, 0.3) is 0 Å². The average Bonchev–Trinajstić information content (AvgIpc) is 2.00. The first kappa shape index (κ1) is 11.4. The van der Waals surface area contributed by atoms with Gasteiger partial charge in [-0.3, -0.25) is 4.79 Å². The van der Waals surface area contributed by atoms with Crippen LogP contribution in [0.25, 0.3) is 0 Å². The number of amides is 1. The third-order valence-corrected chi connectivity index (χ3v) is 6.20. The first-order valence-electron chi connectivity index (χ1n) is 3.00. The van der Waals surface area contributed by atoms with Gasteiger partial charge in [-0.2, -0.15) is 0 Å². The molecule has 0 aliphatic rings. The summed E-state index contributed by atoms with van der Waals surface area (Å²) in [6.45, 7) is 1.86. The lowest BCUT2D eigenvalue weighted by Gasteiger charge is -2.12. The SMILES string of the molecule is CNC(=O)CSP(C)(=S)OC. The number of hydrogen-bond donors (Lipinski definition) is 1. The van der Waals surface area contributed by atoms with E-state index in [1.807, 2.05) is 6.66 Å². The highest BCUT2D eigenvalue weighted by Crippen LogP contribution is 2.55. The summed E-state index contributed by atoms with van der Waals surface area (Å²) in [6.07, 6.45) is 0. The van der Waals surface area contributed by atoms with Crippen LogP contribution in [-0.4, -0.2) is 32.5 Å². The van der Waals surface area contributed by atoms with Crippen molar-refractivity contribution in [2.45, 2.75) is 0 Å². The largest absolute Gasteiger partial charge is 0.358 e. The van der Waals surface area contributed by atoms with Crippen LogP contribution in [-0.2, 0) is 21.1 Å². The number of hydrogen-bond acceptors (Lipinski definition) is 4. The number of carbonyl (C=O) groups excluding carboxylic acids is 1. The molecule has 0 rings (SSSR count). The second-order valence-electron chi connectivity index (χ2n) is 1.90. The molecule has 0 aliphatic carbocycles. The number of nitrogens with one attached hydrogen (secondary N) is 1. The van der Waals surface area contributed by atoms with Crippen molar-refractivity contribution in [2.24, 2.45) is 0 Å². The van der Waals surface area contributed by atoms with Gasteiger partial charge in [0.05, 0.1) is 5.75 Å². The van der Waals surface area contributed by atoms with Crippen molar-refractivity contribution < 1.29 is 9.32 Å². The highest BCUT2D eigenvalue weighted by atomic mass is 32.9. The maximum Gasteiger partial charge on any atom is 0.230 e. The summed E-state index contributed by atoms with van der Waals surface area (Å²) >= 11 is 6.49. The van der Waals surface area contributed by atoms with Crippen LogP contribution in [0.1, 0.15) is 0 Å². The molecule has 0 saturated heterocycles. The lowest BCUT2D eigenvalue weighted by molar-refractivity contribution is -0.118. The Bertz CT molecular complexity index is 185. The summed E-state index contributed by atoms with van der Waals surface area (Å²) in [7, 11) is 3.19. The Morgan fingerprint density at radius 3 is 2.73 bits per heavy atom. The van der Waals surface area contributed by atoms with Crippen LogP contribution in [0.2, 0.25) is 0 Å². The van der Waals surface area contributed by atoms with E-state index in [4.69, 9.17) is 16.3 Å². The van der Waals surface area contributed by atoms with Crippen molar-refractivity contribution in [3.8, 4) is 0 Å². The van der Waals surface area contributed by atoms with E-state index in [2.05, 4.69) is 5.32 Å². The third-order valence-electron chi connectivity index (χ3n) is 1.04. The summed E-state index contributed by atoms with van der Waals surface area (Å²) in [5.41, 5.74) is -1.75.